The summed E-state index contributed by atoms with van der Waals surface area (Å²) in [7, 11) is 0. The van der Waals surface area contributed by atoms with Gasteiger partial charge in [0.25, 0.3) is 0 Å². The van der Waals surface area contributed by atoms with Crippen LogP contribution in [0.4, 0.5) is 10.1 Å². The molecule has 2 fully saturated rings. The van der Waals surface area contributed by atoms with Gasteiger partial charge >= 0.3 is 0 Å². The zero-order chi connectivity index (χ0) is 18.8. The van der Waals surface area contributed by atoms with Crippen molar-refractivity contribution in [3.63, 3.8) is 0 Å². The molecule has 0 aliphatic carbocycles. The molecule has 0 radical (unpaired) electrons. The maximum absolute atomic E-state index is 13.1. The van der Waals surface area contributed by atoms with E-state index in [1.807, 2.05) is 4.90 Å². The maximum Gasteiger partial charge on any atom is 0.241 e. The summed E-state index contributed by atoms with van der Waals surface area (Å²) in [6.07, 6.45) is 0.669. The Bertz CT molecular complexity index is 802. The SMILES string of the molecule is Cc1ccccc1N1CCN(C(=O)C2CC(c3ccc(F)cc3)NN2)CC1. The van der Waals surface area contributed by atoms with Crippen molar-refractivity contribution in [3.8, 4) is 0 Å². The van der Waals surface area contributed by atoms with E-state index in [1.54, 1.807) is 12.1 Å². The van der Waals surface area contributed by atoms with Gasteiger partial charge in [-0.2, -0.15) is 0 Å². The van der Waals surface area contributed by atoms with Crippen molar-refractivity contribution in [2.75, 3.05) is 31.1 Å². The van der Waals surface area contributed by atoms with Gasteiger partial charge in [0, 0.05) is 37.9 Å². The van der Waals surface area contributed by atoms with Crippen molar-refractivity contribution in [3.05, 3.63) is 65.5 Å². The molecule has 0 bridgehead atoms. The number of carbonyl (C=O) groups is 1. The van der Waals surface area contributed by atoms with Crippen LogP contribution in [0, 0.1) is 12.7 Å². The lowest BCUT2D eigenvalue weighted by Crippen LogP contribution is -2.53. The molecule has 2 aromatic rings. The van der Waals surface area contributed by atoms with E-state index in [4.69, 9.17) is 0 Å². The standard InChI is InChI=1S/C21H25FN4O/c1-15-4-2-3-5-20(15)25-10-12-26(13-11-25)21(27)19-14-18(23-24-19)16-6-8-17(22)9-7-16/h2-9,18-19,23-24H,10-14H2,1H3. The summed E-state index contributed by atoms with van der Waals surface area (Å²) < 4.78 is 13.1. The first-order valence-electron chi connectivity index (χ1n) is 9.48. The predicted octanol–water partition coefficient (Wildman–Crippen LogP) is 2.39. The summed E-state index contributed by atoms with van der Waals surface area (Å²) in [6.45, 7) is 5.27. The van der Waals surface area contributed by atoms with Gasteiger partial charge in [-0.3, -0.25) is 4.79 Å². The molecule has 2 N–H and O–H groups in total. The smallest absolute Gasteiger partial charge is 0.241 e. The van der Waals surface area contributed by atoms with Crippen LogP contribution in [0.5, 0.6) is 0 Å². The highest BCUT2D eigenvalue weighted by Crippen LogP contribution is 2.25. The molecule has 2 aromatic carbocycles. The van der Waals surface area contributed by atoms with Crippen LogP contribution in [-0.4, -0.2) is 43.0 Å². The molecule has 0 aromatic heterocycles. The zero-order valence-electron chi connectivity index (χ0n) is 15.5. The van der Waals surface area contributed by atoms with Crippen LogP contribution in [0.3, 0.4) is 0 Å². The number of halogens is 1. The number of rotatable bonds is 3. The van der Waals surface area contributed by atoms with Crippen molar-refractivity contribution in [1.82, 2.24) is 15.8 Å². The van der Waals surface area contributed by atoms with Crippen molar-refractivity contribution >= 4 is 11.6 Å². The molecule has 4 rings (SSSR count). The Labute approximate surface area is 159 Å². The van der Waals surface area contributed by atoms with E-state index in [0.717, 1.165) is 31.7 Å². The molecule has 2 heterocycles. The first-order valence-corrected chi connectivity index (χ1v) is 9.48. The monoisotopic (exact) mass is 368 g/mol. The number of piperazine rings is 1. The van der Waals surface area contributed by atoms with Crippen LogP contribution in [-0.2, 0) is 4.79 Å². The number of benzene rings is 2. The summed E-state index contributed by atoms with van der Waals surface area (Å²) in [5.41, 5.74) is 9.80. The summed E-state index contributed by atoms with van der Waals surface area (Å²) in [5.74, 6) is -0.111. The Morgan fingerprint density at radius 1 is 1.00 bits per heavy atom. The van der Waals surface area contributed by atoms with Crippen molar-refractivity contribution < 1.29 is 9.18 Å². The number of carbonyl (C=O) groups excluding carboxylic acids is 1. The number of nitrogens with one attached hydrogen (secondary N) is 2. The quantitative estimate of drug-likeness (QED) is 0.873. The highest BCUT2D eigenvalue weighted by Gasteiger charge is 2.34. The minimum absolute atomic E-state index is 0.0211. The third-order valence-corrected chi connectivity index (χ3v) is 5.52. The molecular weight excluding hydrogens is 343 g/mol. The first-order chi connectivity index (χ1) is 13.1. The van der Waals surface area contributed by atoms with E-state index in [-0.39, 0.29) is 23.8 Å². The van der Waals surface area contributed by atoms with Crippen LogP contribution < -0.4 is 15.8 Å². The lowest BCUT2D eigenvalue weighted by molar-refractivity contribution is -0.133. The number of aryl methyl sites for hydroxylation is 1. The van der Waals surface area contributed by atoms with Gasteiger partial charge in [-0.15, -0.1) is 0 Å². The van der Waals surface area contributed by atoms with Crippen molar-refractivity contribution in [2.45, 2.75) is 25.4 Å². The van der Waals surface area contributed by atoms with Crippen LogP contribution in [0.15, 0.2) is 48.5 Å². The molecule has 2 aliphatic rings. The second-order valence-electron chi connectivity index (χ2n) is 7.28. The van der Waals surface area contributed by atoms with Gasteiger partial charge in [0.1, 0.15) is 11.9 Å². The summed E-state index contributed by atoms with van der Waals surface area (Å²) in [6, 6.07) is 14.6. The molecule has 2 saturated heterocycles. The largest absolute Gasteiger partial charge is 0.368 e. The fraction of sp³-hybridized carbons (Fsp3) is 0.381. The number of hydrogen-bond donors (Lipinski definition) is 2. The molecule has 1 amide bonds. The lowest BCUT2D eigenvalue weighted by Gasteiger charge is -2.37. The van der Waals surface area contributed by atoms with Crippen LogP contribution in [0.25, 0.3) is 0 Å². The highest BCUT2D eigenvalue weighted by molar-refractivity contribution is 5.82. The first kappa shape index (κ1) is 17.9. The Morgan fingerprint density at radius 2 is 1.70 bits per heavy atom. The lowest BCUT2D eigenvalue weighted by atomic mass is 10.0. The second-order valence-corrected chi connectivity index (χ2v) is 7.28. The van der Waals surface area contributed by atoms with Gasteiger partial charge in [0.15, 0.2) is 0 Å². The van der Waals surface area contributed by atoms with E-state index >= 15 is 0 Å². The second kappa shape index (κ2) is 7.66. The molecule has 0 spiro atoms. The Hall–Kier alpha value is -2.44. The van der Waals surface area contributed by atoms with E-state index in [1.165, 1.54) is 23.4 Å². The predicted molar refractivity (Wildman–Crippen MR) is 104 cm³/mol. The number of para-hydroxylation sites is 1. The summed E-state index contributed by atoms with van der Waals surface area (Å²) in [4.78, 5) is 17.2. The Balaban J connectivity index is 1.33. The number of nitrogens with zero attached hydrogens (tertiary/aromatic N) is 2. The minimum Gasteiger partial charge on any atom is -0.368 e. The van der Waals surface area contributed by atoms with E-state index in [0.29, 0.717) is 6.42 Å². The van der Waals surface area contributed by atoms with E-state index in [2.05, 4.69) is 46.9 Å². The number of amides is 1. The number of hydrazine groups is 1. The summed E-state index contributed by atoms with van der Waals surface area (Å²) in [5, 5.41) is 0. The molecule has 2 unspecified atom stereocenters. The van der Waals surface area contributed by atoms with E-state index < -0.39 is 0 Å². The third kappa shape index (κ3) is 3.82. The van der Waals surface area contributed by atoms with Gasteiger partial charge in [-0.05, 0) is 42.7 Å². The fourth-order valence-corrected chi connectivity index (χ4v) is 3.94. The minimum atomic E-state index is -0.246. The number of hydrogen-bond acceptors (Lipinski definition) is 4. The number of anilines is 1. The Kier molecular flexibility index (Phi) is 5.09. The average Bonchev–Trinajstić information content (AvgIpc) is 3.19. The maximum atomic E-state index is 13.1. The van der Waals surface area contributed by atoms with Gasteiger partial charge in [-0.25, -0.2) is 15.2 Å². The Morgan fingerprint density at radius 3 is 2.41 bits per heavy atom. The van der Waals surface area contributed by atoms with Crippen molar-refractivity contribution in [1.29, 1.82) is 0 Å². The van der Waals surface area contributed by atoms with Gasteiger partial charge in [-0.1, -0.05) is 30.3 Å². The molecule has 2 atom stereocenters. The van der Waals surface area contributed by atoms with Crippen LogP contribution in [0.2, 0.25) is 0 Å². The fourth-order valence-electron chi connectivity index (χ4n) is 3.94. The normalized spacial score (nSPS) is 22.9. The topological polar surface area (TPSA) is 47.6 Å². The van der Waals surface area contributed by atoms with Gasteiger partial charge < -0.3 is 9.80 Å². The average molecular weight is 368 g/mol. The molecule has 0 saturated carbocycles. The van der Waals surface area contributed by atoms with Gasteiger partial charge in [0.05, 0.1) is 0 Å². The van der Waals surface area contributed by atoms with Crippen molar-refractivity contribution in [2.24, 2.45) is 0 Å². The molecule has 6 heteroatoms. The molecule has 2 aliphatic heterocycles. The molecule has 5 nitrogen and oxygen atoms in total. The van der Waals surface area contributed by atoms with E-state index in [9.17, 15) is 9.18 Å². The molecule has 142 valence electrons. The zero-order valence-corrected chi connectivity index (χ0v) is 15.5. The third-order valence-electron chi connectivity index (χ3n) is 5.52. The highest BCUT2D eigenvalue weighted by atomic mass is 19.1. The molecular formula is C21H25FN4O. The van der Waals surface area contributed by atoms with Crippen LogP contribution in [0.1, 0.15) is 23.6 Å². The molecule has 27 heavy (non-hydrogen) atoms. The summed E-state index contributed by atoms with van der Waals surface area (Å²) >= 11 is 0. The van der Waals surface area contributed by atoms with Gasteiger partial charge in [0.2, 0.25) is 5.91 Å². The van der Waals surface area contributed by atoms with Crippen LogP contribution >= 0.6 is 0 Å².